The molecule has 3 aliphatic rings. The minimum atomic E-state index is -1.26. The molecular weight excluding hydrogens is 718 g/mol. The molecule has 0 radical (unpaired) electrons. The molecule has 3 amide bonds. The minimum Gasteiger partial charge on any atom is -0.497 e. The molecule has 274 valence electrons. The van der Waals surface area contributed by atoms with E-state index in [0.29, 0.717) is 43.7 Å². The first-order valence-electron chi connectivity index (χ1n) is 17.6. The number of amides is 3. The number of rotatable bonds is 19. The summed E-state index contributed by atoms with van der Waals surface area (Å²) in [5, 5.41) is 12.4. The number of nitrogens with zero attached hydrogens (tertiary/aromatic N) is 2. The van der Waals surface area contributed by atoms with Crippen molar-refractivity contribution < 1.29 is 38.5 Å². The number of methoxy groups -OCH3 is 1. The van der Waals surface area contributed by atoms with Crippen LogP contribution in [0, 0.1) is 11.8 Å². The number of aliphatic hydroxyl groups excluding tert-OH is 1. The van der Waals surface area contributed by atoms with E-state index in [9.17, 15) is 24.3 Å². The summed E-state index contributed by atoms with van der Waals surface area (Å²) in [7, 11) is 1.57. The lowest BCUT2D eigenvalue weighted by Crippen LogP contribution is -2.57. The van der Waals surface area contributed by atoms with Crippen molar-refractivity contribution in [2.24, 2.45) is 11.8 Å². The summed E-state index contributed by atoms with van der Waals surface area (Å²) in [6.07, 6.45) is 6.44. The zero-order valence-electron chi connectivity index (χ0n) is 29.1. The average Bonchev–Trinajstić information content (AvgIpc) is 3.74. The second-order valence-corrected chi connectivity index (χ2v) is 14.4. The van der Waals surface area contributed by atoms with E-state index in [0.717, 1.165) is 18.4 Å². The van der Waals surface area contributed by atoms with Gasteiger partial charge in [0.2, 0.25) is 11.8 Å². The van der Waals surface area contributed by atoms with Gasteiger partial charge in [0.1, 0.15) is 24.0 Å². The quantitative estimate of drug-likeness (QED) is 0.0895. The van der Waals surface area contributed by atoms with Crippen molar-refractivity contribution in [3.8, 4) is 5.75 Å². The third kappa shape index (κ3) is 8.08. The smallest absolute Gasteiger partial charge is 0.306 e. The van der Waals surface area contributed by atoms with Crippen LogP contribution in [0.25, 0.3) is 0 Å². The number of ether oxygens (including phenoxy) is 3. The van der Waals surface area contributed by atoms with Crippen LogP contribution in [-0.2, 0) is 28.7 Å². The monoisotopic (exact) mass is 765 g/mol. The molecule has 12 heteroatoms. The Morgan fingerprint density at radius 3 is 2.49 bits per heavy atom. The fraction of sp³-hybridized carbons (Fsp3) is 0.487. The molecule has 2 N–H and O–H groups in total. The van der Waals surface area contributed by atoms with Gasteiger partial charge >= 0.3 is 5.97 Å². The highest BCUT2D eigenvalue weighted by atomic mass is 79.9. The molecule has 3 saturated heterocycles. The predicted octanol–water partition coefficient (Wildman–Crippen LogP) is 4.88. The molecule has 2 aromatic carbocycles. The number of carbonyl (C=O) groups excluding carboxylic acids is 4. The molecule has 1 unspecified atom stereocenters. The molecular formula is C39H48BrN3O8. The lowest BCUT2D eigenvalue weighted by Gasteiger charge is -2.37. The number of aliphatic hydroxyl groups is 1. The zero-order valence-corrected chi connectivity index (χ0v) is 30.7. The van der Waals surface area contributed by atoms with E-state index in [1.165, 1.54) is 0 Å². The van der Waals surface area contributed by atoms with Gasteiger partial charge in [-0.3, -0.25) is 19.2 Å². The number of likely N-dealkylation sites (tertiary alicyclic amines) is 1. The van der Waals surface area contributed by atoms with E-state index in [2.05, 4.69) is 34.4 Å². The molecule has 2 bridgehead atoms. The Kier molecular flexibility index (Phi) is 13.1. The average molecular weight is 767 g/mol. The van der Waals surface area contributed by atoms with Crippen LogP contribution >= 0.6 is 15.9 Å². The van der Waals surface area contributed by atoms with Crippen LogP contribution in [0.15, 0.2) is 79.9 Å². The standard InChI is InChI=1S/C39H48BrN3O8/c1-4-6-16-31(45)50-25-30(26-14-10-9-11-15-26)41-36(46)32-33-37(47)43(22-12-7-8-13-23-44)35(39(33)24-29(40)34(32)51-39)38(48)42(21-5-2)27-17-19-28(49-3)20-18-27/h4-5,9-11,14-15,17-20,29-30,32-35,44H,1-2,6-8,12-13,16,21-25H2,3H3,(H,41,46)/t29?,30-,32-,33+,34-,35-,39+/m0/s1. The van der Waals surface area contributed by atoms with Crippen LogP contribution in [0.5, 0.6) is 5.75 Å². The number of alkyl halides is 1. The number of nitrogens with one attached hydrogen (secondary N) is 1. The van der Waals surface area contributed by atoms with Crippen LogP contribution in [0.4, 0.5) is 5.69 Å². The molecule has 1 spiro atoms. The van der Waals surface area contributed by atoms with E-state index in [4.69, 9.17) is 14.2 Å². The fourth-order valence-electron chi connectivity index (χ4n) is 7.70. The molecule has 0 aliphatic carbocycles. The summed E-state index contributed by atoms with van der Waals surface area (Å²) >= 11 is 3.76. The molecule has 3 heterocycles. The second kappa shape index (κ2) is 17.5. The number of fused-ring (bicyclic) bond motifs is 1. The second-order valence-electron chi connectivity index (χ2n) is 13.3. The molecule has 51 heavy (non-hydrogen) atoms. The normalized spacial score (nSPS) is 25.2. The van der Waals surface area contributed by atoms with Gasteiger partial charge in [0.15, 0.2) is 0 Å². The van der Waals surface area contributed by atoms with Gasteiger partial charge in [0.05, 0.1) is 31.1 Å². The first-order valence-corrected chi connectivity index (χ1v) is 18.5. The molecule has 3 aliphatic heterocycles. The minimum absolute atomic E-state index is 0.0873. The van der Waals surface area contributed by atoms with Crippen molar-refractivity contribution in [3.63, 3.8) is 0 Å². The van der Waals surface area contributed by atoms with Crippen LogP contribution < -0.4 is 15.0 Å². The maximum Gasteiger partial charge on any atom is 0.306 e. The zero-order chi connectivity index (χ0) is 36.5. The Morgan fingerprint density at radius 2 is 1.82 bits per heavy atom. The van der Waals surface area contributed by atoms with E-state index in [1.807, 2.05) is 30.3 Å². The highest BCUT2D eigenvalue weighted by Gasteiger charge is 2.76. The van der Waals surface area contributed by atoms with Gasteiger partial charge in [-0.25, -0.2) is 0 Å². The molecule has 5 rings (SSSR count). The SMILES string of the molecule is C=CCCC(=O)OC[C@H](NC(=O)[C@@H]1[C@H]2O[C@@]3(CC2Br)[C@H](C(=O)N(CC=C)c2ccc(OC)cc2)N(CCCCCCO)C(=O)[C@@H]13)c1ccccc1. The van der Waals surface area contributed by atoms with Gasteiger partial charge in [-0.2, -0.15) is 0 Å². The van der Waals surface area contributed by atoms with Gasteiger partial charge < -0.3 is 34.4 Å². The molecule has 11 nitrogen and oxygen atoms in total. The summed E-state index contributed by atoms with van der Waals surface area (Å²) in [6, 6.07) is 14.7. The Bertz CT molecular complexity index is 1560. The maximum atomic E-state index is 14.8. The summed E-state index contributed by atoms with van der Waals surface area (Å²) in [5.41, 5.74) is 0.0960. The van der Waals surface area contributed by atoms with E-state index < -0.39 is 47.5 Å². The molecule has 7 atom stereocenters. The molecule has 2 aromatic rings. The number of hydrogen-bond acceptors (Lipinski definition) is 8. The van der Waals surface area contributed by atoms with E-state index in [1.54, 1.807) is 53.3 Å². The van der Waals surface area contributed by atoms with Gasteiger partial charge in [-0.1, -0.05) is 71.3 Å². The number of anilines is 1. The van der Waals surface area contributed by atoms with Crippen molar-refractivity contribution in [3.05, 3.63) is 85.5 Å². The number of unbranched alkanes of at least 4 members (excludes halogenated alkanes) is 3. The largest absolute Gasteiger partial charge is 0.497 e. The van der Waals surface area contributed by atoms with Crippen molar-refractivity contribution in [2.75, 3.05) is 38.3 Å². The number of allylic oxidation sites excluding steroid dienone is 1. The van der Waals surface area contributed by atoms with Crippen molar-refractivity contribution in [1.82, 2.24) is 10.2 Å². The number of carbonyl (C=O) groups is 4. The lowest BCUT2D eigenvalue weighted by molar-refractivity contribution is -0.145. The first kappa shape index (κ1) is 38.2. The van der Waals surface area contributed by atoms with Crippen LogP contribution in [-0.4, -0.2) is 89.7 Å². The topological polar surface area (TPSA) is 135 Å². The third-order valence-corrected chi connectivity index (χ3v) is 10.9. The van der Waals surface area contributed by atoms with Gasteiger partial charge in [0, 0.05) is 36.6 Å². The van der Waals surface area contributed by atoms with E-state index in [-0.39, 0.29) is 42.8 Å². The Labute approximate surface area is 308 Å². The number of benzene rings is 2. The van der Waals surface area contributed by atoms with Crippen LogP contribution in [0.2, 0.25) is 0 Å². The molecule has 3 fully saturated rings. The summed E-state index contributed by atoms with van der Waals surface area (Å²) < 4.78 is 17.6. The first-order chi connectivity index (χ1) is 24.7. The Hall–Kier alpha value is -4.00. The van der Waals surface area contributed by atoms with Gasteiger partial charge in [0.25, 0.3) is 5.91 Å². The third-order valence-electron chi connectivity index (χ3n) is 10.1. The Morgan fingerprint density at radius 1 is 1.10 bits per heavy atom. The summed E-state index contributed by atoms with van der Waals surface area (Å²) in [6.45, 7) is 8.02. The number of halogens is 1. The molecule has 0 aromatic heterocycles. The van der Waals surface area contributed by atoms with Crippen molar-refractivity contribution >= 4 is 45.3 Å². The lowest BCUT2D eigenvalue weighted by atomic mass is 9.70. The molecule has 0 saturated carbocycles. The summed E-state index contributed by atoms with van der Waals surface area (Å²) in [4.78, 5) is 59.2. The Balaban J connectivity index is 1.47. The van der Waals surface area contributed by atoms with Crippen molar-refractivity contribution in [2.45, 2.75) is 73.6 Å². The van der Waals surface area contributed by atoms with Gasteiger partial charge in [-0.05, 0) is 55.5 Å². The fourth-order valence-corrected chi connectivity index (χ4v) is 8.64. The van der Waals surface area contributed by atoms with Crippen molar-refractivity contribution in [1.29, 1.82) is 0 Å². The highest BCUT2D eigenvalue weighted by Crippen LogP contribution is 2.60. The van der Waals surface area contributed by atoms with E-state index >= 15 is 0 Å². The highest BCUT2D eigenvalue weighted by molar-refractivity contribution is 9.09. The number of hydrogen-bond donors (Lipinski definition) is 2. The van der Waals surface area contributed by atoms with Crippen LogP contribution in [0.3, 0.4) is 0 Å². The summed E-state index contributed by atoms with van der Waals surface area (Å²) in [5.74, 6) is -2.60. The van der Waals surface area contributed by atoms with Crippen LogP contribution in [0.1, 0.15) is 56.6 Å². The number of esters is 1. The predicted molar refractivity (Wildman–Crippen MR) is 196 cm³/mol. The van der Waals surface area contributed by atoms with Gasteiger partial charge in [-0.15, -0.1) is 13.2 Å². The maximum absolute atomic E-state index is 14.8.